The Morgan fingerprint density at radius 3 is 2.74 bits per heavy atom. The number of nitrogens with one attached hydrogen (secondary N) is 1. The van der Waals surface area contributed by atoms with Crippen molar-refractivity contribution < 1.29 is 9.53 Å². The Morgan fingerprint density at radius 1 is 1.47 bits per heavy atom. The first kappa shape index (κ1) is 15.5. The van der Waals surface area contributed by atoms with E-state index in [4.69, 9.17) is 10.5 Å². The molecule has 0 fully saturated rings. The molecule has 0 bridgehead atoms. The average Bonchev–Trinajstić information content (AvgIpc) is 2.37. The van der Waals surface area contributed by atoms with Crippen LogP contribution in [0.4, 0.5) is 0 Å². The molecule has 0 aliphatic heterocycles. The third kappa shape index (κ3) is 4.24. The number of ether oxygens (including phenoxy) is 1. The minimum Gasteiger partial charge on any atom is -0.496 e. The number of hydrogen-bond donors (Lipinski definition) is 2. The maximum absolute atomic E-state index is 12.0. The number of methoxy groups -OCH3 is 1. The molecular weight excluding hydrogens is 240 g/mol. The van der Waals surface area contributed by atoms with Gasteiger partial charge in [0.25, 0.3) is 0 Å². The first-order valence-corrected chi connectivity index (χ1v) is 6.61. The van der Waals surface area contributed by atoms with E-state index in [9.17, 15) is 4.79 Å². The quantitative estimate of drug-likeness (QED) is 0.827. The molecule has 0 aliphatic rings. The van der Waals surface area contributed by atoms with Gasteiger partial charge in [-0.1, -0.05) is 25.5 Å². The van der Waals surface area contributed by atoms with Crippen molar-refractivity contribution in [2.75, 3.05) is 7.11 Å². The second kappa shape index (κ2) is 6.57. The van der Waals surface area contributed by atoms with E-state index in [0.717, 1.165) is 23.3 Å². The fourth-order valence-electron chi connectivity index (χ4n) is 1.99. The number of rotatable bonds is 6. The van der Waals surface area contributed by atoms with E-state index in [0.29, 0.717) is 13.0 Å². The molecule has 0 aliphatic carbocycles. The highest BCUT2D eigenvalue weighted by molar-refractivity contribution is 5.85. The Labute approximate surface area is 115 Å². The SMILES string of the molecule is CCCC(C)(N)C(=O)NCc1ccc(C)c(OC)c1. The van der Waals surface area contributed by atoms with Crippen LogP contribution < -0.4 is 15.8 Å². The van der Waals surface area contributed by atoms with Crippen LogP contribution in [0.3, 0.4) is 0 Å². The summed E-state index contributed by atoms with van der Waals surface area (Å²) in [5, 5.41) is 2.88. The van der Waals surface area contributed by atoms with Gasteiger partial charge in [-0.15, -0.1) is 0 Å². The first-order chi connectivity index (χ1) is 8.90. The highest BCUT2D eigenvalue weighted by atomic mass is 16.5. The van der Waals surface area contributed by atoms with Crippen LogP contribution in [0.25, 0.3) is 0 Å². The molecule has 1 aromatic rings. The van der Waals surface area contributed by atoms with Crippen LogP contribution in [0.15, 0.2) is 18.2 Å². The van der Waals surface area contributed by atoms with Crippen molar-refractivity contribution in [1.82, 2.24) is 5.32 Å². The Kier molecular flexibility index (Phi) is 5.36. The van der Waals surface area contributed by atoms with Crippen LogP contribution in [-0.4, -0.2) is 18.6 Å². The van der Waals surface area contributed by atoms with Crippen molar-refractivity contribution in [1.29, 1.82) is 0 Å². The van der Waals surface area contributed by atoms with Crippen molar-refractivity contribution >= 4 is 5.91 Å². The zero-order valence-electron chi connectivity index (χ0n) is 12.2. The van der Waals surface area contributed by atoms with E-state index >= 15 is 0 Å². The average molecular weight is 264 g/mol. The number of carbonyl (C=O) groups excluding carboxylic acids is 1. The summed E-state index contributed by atoms with van der Waals surface area (Å²) >= 11 is 0. The molecule has 0 saturated carbocycles. The maximum Gasteiger partial charge on any atom is 0.240 e. The largest absolute Gasteiger partial charge is 0.496 e. The molecule has 4 heteroatoms. The van der Waals surface area contributed by atoms with E-state index in [-0.39, 0.29) is 5.91 Å². The maximum atomic E-state index is 12.0. The molecule has 1 unspecified atom stereocenters. The molecule has 1 aromatic carbocycles. The fraction of sp³-hybridized carbons (Fsp3) is 0.533. The second-order valence-corrected chi connectivity index (χ2v) is 5.15. The van der Waals surface area contributed by atoms with Crippen LogP contribution >= 0.6 is 0 Å². The monoisotopic (exact) mass is 264 g/mol. The van der Waals surface area contributed by atoms with Crippen molar-refractivity contribution in [3.05, 3.63) is 29.3 Å². The van der Waals surface area contributed by atoms with Crippen LogP contribution in [0.5, 0.6) is 5.75 Å². The molecular formula is C15H24N2O2. The second-order valence-electron chi connectivity index (χ2n) is 5.15. The van der Waals surface area contributed by atoms with E-state index < -0.39 is 5.54 Å². The third-order valence-corrected chi connectivity index (χ3v) is 3.21. The molecule has 0 saturated heterocycles. The van der Waals surface area contributed by atoms with Crippen molar-refractivity contribution in [2.45, 2.75) is 45.7 Å². The summed E-state index contributed by atoms with van der Waals surface area (Å²) in [6, 6.07) is 5.89. The molecule has 0 radical (unpaired) electrons. The first-order valence-electron chi connectivity index (χ1n) is 6.61. The van der Waals surface area contributed by atoms with Gasteiger partial charge in [-0.05, 0) is 37.5 Å². The molecule has 1 amide bonds. The van der Waals surface area contributed by atoms with Gasteiger partial charge < -0.3 is 15.8 Å². The topological polar surface area (TPSA) is 64.4 Å². The lowest BCUT2D eigenvalue weighted by molar-refractivity contribution is -0.126. The Hall–Kier alpha value is -1.55. The lowest BCUT2D eigenvalue weighted by atomic mass is 9.96. The Morgan fingerprint density at radius 2 is 2.16 bits per heavy atom. The van der Waals surface area contributed by atoms with Gasteiger partial charge in [0.05, 0.1) is 12.6 Å². The van der Waals surface area contributed by atoms with Gasteiger partial charge in [0.15, 0.2) is 0 Å². The standard InChI is InChI=1S/C15H24N2O2/c1-5-8-15(3,16)14(18)17-10-12-7-6-11(2)13(9-12)19-4/h6-7,9H,5,8,10,16H2,1-4H3,(H,17,18). The van der Waals surface area contributed by atoms with Crippen LogP contribution in [0, 0.1) is 6.92 Å². The summed E-state index contributed by atoms with van der Waals surface area (Å²) < 4.78 is 5.26. The molecule has 19 heavy (non-hydrogen) atoms. The summed E-state index contributed by atoms with van der Waals surface area (Å²) in [5.74, 6) is 0.713. The molecule has 1 atom stereocenters. The Balaban J connectivity index is 2.64. The number of benzene rings is 1. The van der Waals surface area contributed by atoms with E-state index in [1.807, 2.05) is 32.0 Å². The van der Waals surface area contributed by atoms with Gasteiger partial charge in [-0.2, -0.15) is 0 Å². The number of hydrogen-bond acceptors (Lipinski definition) is 3. The number of aryl methyl sites for hydroxylation is 1. The summed E-state index contributed by atoms with van der Waals surface area (Å²) in [5.41, 5.74) is 7.26. The fourth-order valence-corrected chi connectivity index (χ4v) is 1.99. The lowest BCUT2D eigenvalue weighted by Gasteiger charge is -2.23. The normalized spacial score (nSPS) is 13.7. The molecule has 1 rings (SSSR count). The smallest absolute Gasteiger partial charge is 0.240 e. The third-order valence-electron chi connectivity index (χ3n) is 3.21. The lowest BCUT2D eigenvalue weighted by Crippen LogP contribution is -2.51. The van der Waals surface area contributed by atoms with Gasteiger partial charge in [-0.25, -0.2) is 0 Å². The zero-order chi connectivity index (χ0) is 14.5. The van der Waals surface area contributed by atoms with Gasteiger partial charge in [0, 0.05) is 6.54 Å². The molecule has 0 aromatic heterocycles. The minimum atomic E-state index is -0.802. The molecule has 3 N–H and O–H groups in total. The number of amides is 1. The molecule has 0 heterocycles. The van der Waals surface area contributed by atoms with Crippen LogP contribution in [0.2, 0.25) is 0 Å². The summed E-state index contributed by atoms with van der Waals surface area (Å²) in [4.78, 5) is 12.0. The summed E-state index contributed by atoms with van der Waals surface area (Å²) in [6.07, 6.45) is 1.56. The zero-order valence-corrected chi connectivity index (χ0v) is 12.2. The van der Waals surface area contributed by atoms with Crippen LogP contribution in [0.1, 0.15) is 37.8 Å². The minimum absolute atomic E-state index is 0.117. The van der Waals surface area contributed by atoms with Crippen LogP contribution in [-0.2, 0) is 11.3 Å². The van der Waals surface area contributed by atoms with Gasteiger partial charge in [0.1, 0.15) is 5.75 Å². The van der Waals surface area contributed by atoms with Crippen molar-refractivity contribution in [3.63, 3.8) is 0 Å². The van der Waals surface area contributed by atoms with Gasteiger partial charge >= 0.3 is 0 Å². The highest BCUT2D eigenvalue weighted by Gasteiger charge is 2.26. The van der Waals surface area contributed by atoms with E-state index in [1.54, 1.807) is 14.0 Å². The van der Waals surface area contributed by atoms with Gasteiger partial charge in [0.2, 0.25) is 5.91 Å². The summed E-state index contributed by atoms with van der Waals surface area (Å²) in [7, 11) is 1.64. The van der Waals surface area contributed by atoms with E-state index in [2.05, 4.69) is 5.32 Å². The van der Waals surface area contributed by atoms with E-state index in [1.165, 1.54) is 0 Å². The number of nitrogens with two attached hydrogens (primary N) is 1. The summed E-state index contributed by atoms with van der Waals surface area (Å²) in [6.45, 7) is 6.23. The van der Waals surface area contributed by atoms with Crippen molar-refractivity contribution in [3.8, 4) is 5.75 Å². The number of carbonyl (C=O) groups is 1. The predicted molar refractivity (Wildman–Crippen MR) is 77.1 cm³/mol. The molecule has 4 nitrogen and oxygen atoms in total. The van der Waals surface area contributed by atoms with Crippen molar-refractivity contribution in [2.24, 2.45) is 5.73 Å². The molecule has 0 spiro atoms. The highest BCUT2D eigenvalue weighted by Crippen LogP contribution is 2.19. The Bertz CT molecular complexity index is 442. The predicted octanol–water partition coefficient (Wildman–Crippen LogP) is 2.14. The van der Waals surface area contributed by atoms with Gasteiger partial charge in [-0.3, -0.25) is 4.79 Å². The molecule has 106 valence electrons.